The van der Waals surface area contributed by atoms with Crippen LogP contribution in [-0.2, 0) is 21.2 Å². The predicted octanol–water partition coefficient (Wildman–Crippen LogP) is 1.84. The van der Waals surface area contributed by atoms with Gasteiger partial charge in [0.05, 0.1) is 5.92 Å². The van der Waals surface area contributed by atoms with Crippen LogP contribution in [0.1, 0.15) is 31.1 Å². The monoisotopic (exact) mass is 303 g/mol. The lowest BCUT2D eigenvalue weighted by atomic mass is 10.1. The lowest BCUT2D eigenvalue weighted by molar-refractivity contribution is -0.141. The number of aliphatic carboxylic acids is 1. The summed E-state index contributed by atoms with van der Waals surface area (Å²) in [5.41, 5.74) is 0. The Hall–Kier alpha value is -0.920. The number of hydrogen-bond donors (Lipinski definition) is 2. The molecule has 0 aliphatic heterocycles. The Morgan fingerprint density at radius 3 is 2.74 bits per heavy atom. The van der Waals surface area contributed by atoms with Gasteiger partial charge in [0.1, 0.15) is 4.21 Å². The molecule has 106 valence electrons. The van der Waals surface area contributed by atoms with Crippen LogP contribution in [0.4, 0.5) is 0 Å². The summed E-state index contributed by atoms with van der Waals surface area (Å²) < 4.78 is 27.2. The van der Waals surface area contributed by atoms with Crippen molar-refractivity contribution in [2.45, 2.75) is 42.9 Å². The van der Waals surface area contributed by atoms with Gasteiger partial charge in [-0.3, -0.25) is 4.79 Å². The van der Waals surface area contributed by atoms with Crippen LogP contribution in [0.25, 0.3) is 0 Å². The van der Waals surface area contributed by atoms with E-state index in [2.05, 4.69) is 4.72 Å². The molecular weight excluding hydrogens is 286 g/mol. The number of aryl methyl sites for hydroxylation is 1. The predicted molar refractivity (Wildman–Crippen MR) is 72.8 cm³/mol. The van der Waals surface area contributed by atoms with Crippen molar-refractivity contribution in [1.82, 2.24) is 4.72 Å². The minimum absolute atomic E-state index is 0.265. The van der Waals surface area contributed by atoms with E-state index in [4.69, 9.17) is 5.11 Å². The average Bonchev–Trinajstić information content (AvgIpc) is 2.96. The average molecular weight is 303 g/mol. The molecule has 2 atom stereocenters. The molecule has 0 bridgehead atoms. The summed E-state index contributed by atoms with van der Waals surface area (Å²) in [5, 5.41) is 8.91. The van der Waals surface area contributed by atoms with Crippen molar-refractivity contribution < 1.29 is 18.3 Å². The van der Waals surface area contributed by atoms with Gasteiger partial charge in [-0.15, -0.1) is 11.3 Å². The highest BCUT2D eigenvalue weighted by Crippen LogP contribution is 2.28. The fourth-order valence-corrected chi connectivity index (χ4v) is 4.88. The summed E-state index contributed by atoms with van der Waals surface area (Å²) in [4.78, 5) is 11.9. The Bertz CT molecular complexity index is 564. The van der Waals surface area contributed by atoms with Crippen LogP contribution in [0, 0.1) is 5.92 Å². The minimum atomic E-state index is -3.51. The number of carbonyl (C=O) groups is 1. The van der Waals surface area contributed by atoms with Crippen LogP contribution < -0.4 is 4.72 Å². The van der Waals surface area contributed by atoms with Crippen LogP contribution >= 0.6 is 11.3 Å². The number of carboxylic acid groups (broad SMARTS) is 1. The Kier molecular flexibility index (Phi) is 4.27. The Labute approximate surface area is 116 Å². The zero-order chi connectivity index (χ0) is 14.0. The molecule has 1 aliphatic carbocycles. The Morgan fingerprint density at radius 2 is 2.21 bits per heavy atom. The number of sulfonamides is 1. The summed E-state index contributed by atoms with van der Waals surface area (Å²) in [7, 11) is -3.51. The number of thiophene rings is 1. The van der Waals surface area contributed by atoms with E-state index < -0.39 is 21.9 Å². The highest BCUT2D eigenvalue weighted by Gasteiger charge is 2.32. The molecule has 1 aromatic heterocycles. The fourth-order valence-electron chi connectivity index (χ4n) is 2.28. The molecule has 0 radical (unpaired) electrons. The van der Waals surface area contributed by atoms with Crippen molar-refractivity contribution in [2.75, 3.05) is 0 Å². The van der Waals surface area contributed by atoms with E-state index in [9.17, 15) is 13.2 Å². The highest BCUT2D eigenvalue weighted by molar-refractivity contribution is 7.91. The van der Waals surface area contributed by atoms with Crippen LogP contribution in [0.2, 0.25) is 0 Å². The molecule has 1 aliphatic rings. The summed E-state index contributed by atoms with van der Waals surface area (Å²) >= 11 is 1.26. The van der Waals surface area contributed by atoms with Crippen molar-refractivity contribution in [1.29, 1.82) is 0 Å². The van der Waals surface area contributed by atoms with E-state index in [0.717, 1.165) is 11.3 Å². The topological polar surface area (TPSA) is 83.5 Å². The number of carboxylic acids is 1. The molecule has 0 amide bonds. The van der Waals surface area contributed by atoms with Gasteiger partial charge in [-0.1, -0.05) is 6.92 Å². The molecule has 1 saturated carbocycles. The first-order valence-corrected chi connectivity index (χ1v) is 8.56. The van der Waals surface area contributed by atoms with Gasteiger partial charge < -0.3 is 5.11 Å². The smallest absolute Gasteiger partial charge is 0.306 e. The van der Waals surface area contributed by atoms with Gasteiger partial charge in [0.25, 0.3) is 0 Å². The Balaban J connectivity index is 2.04. The third-order valence-corrected chi connectivity index (χ3v) is 6.60. The van der Waals surface area contributed by atoms with Gasteiger partial charge in [-0.05, 0) is 37.8 Å². The molecule has 2 rings (SSSR count). The van der Waals surface area contributed by atoms with E-state index in [1.165, 1.54) is 11.3 Å². The first-order valence-electron chi connectivity index (χ1n) is 6.26. The summed E-state index contributed by atoms with van der Waals surface area (Å²) in [6.45, 7) is 1.98. The zero-order valence-corrected chi connectivity index (χ0v) is 12.3. The lowest BCUT2D eigenvalue weighted by Gasteiger charge is -2.11. The third kappa shape index (κ3) is 3.34. The first-order chi connectivity index (χ1) is 8.92. The molecule has 19 heavy (non-hydrogen) atoms. The maximum atomic E-state index is 12.1. The van der Waals surface area contributed by atoms with Crippen LogP contribution in [0.15, 0.2) is 16.3 Å². The molecule has 1 aromatic rings. The maximum Gasteiger partial charge on any atom is 0.306 e. The third-order valence-electron chi connectivity index (χ3n) is 3.35. The van der Waals surface area contributed by atoms with Crippen molar-refractivity contribution in [2.24, 2.45) is 5.92 Å². The van der Waals surface area contributed by atoms with Gasteiger partial charge in [0.15, 0.2) is 0 Å². The molecule has 0 spiro atoms. The molecule has 0 saturated heterocycles. The minimum Gasteiger partial charge on any atom is -0.481 e. The second-order valence-corrected chi connectivity index (χ2v) is 7.85. The normalized spacial score (nSPS) is 23.6. The second-order valence-electron chi connectivity index (χ2n) is 4.74. The number of rotatable bonds is 5. The van der Waals surface area contributed by atoms with E-state index in [0.29, 0.717) is 23.5 Å². The lowest BCUT2D eigenvalue weighted by Crippen LogP contribution is -2.32. The largest absolute Gasteiger partial charge is 0.481 e. The van der Waals surface area contributed by atoms with Gasteiger partial charge in [-0.25, -0.2) is 13.1 Å². The van der Waals surface area contributed by atoms with Crippen LogP contribution in [-0.4, -0.2) is 25.5 Å². The van der Waals surface area contributed by atoms with Crippen molar-refractivity contribution in [3.63, 3.8) is 0 Å². The van der Waals surface area contributed by atoms with E-state index in [-0.39, 0.29) is 6.04 Å². The maximum absolute atomic E-state index is 12.1. The number of hydrogen-bond acceptors (Lipinski definition) is 4. The standard InChI is InChI=1S/C12H17NO4S2/c1-2-10-5-6-11(18-10)19(16,17)13-9-4-3-8(7-9)12(14)15/h5-6,8-9,13H,2-4,7H2,1H3,(H,14,15). The first kappa shape index (κ1) is 14.5. The van der Waals surface area contributed by atoms with Crippen molar-refractivity contribution in [3.05, 3.63) is 17.0 Å². The molecule has 7 heteroatoms. The number of nitrogens with one attached hydrogen (secondary N) is 1. The Morgan fingerprint density at radius 1 is 1.47 bits per heavy atom. The van der Waals surface area contributed by atoms with Crippen molar-refractivity contribution >= 4 is 27.3 Å². The SMILES string of the molecule is CCc1ccc(S(=O)(=O)NC2CCC(C(=O)O)C2)s1. The molecule has 0 aromatic carbocycles. The fraction of sp³-hybridized carbons (Fsp3) is 0.583. The molecular formula is C12H17NO4S2. The second kappa shape index (κ2) is 5.60. The van der Waals surface area contributed by atoms with E-state index in [1.54, 1.807) is 6.07 Å². The highest BCUT2D eigenvalue weighted by atomic mass is 32.2. The summed E-state index contributed by atoms with van der Waals surface area (Å²) in [5.74, 6) is -1.27. The van der Waals surface area contributed by atoms with Crippen LogP contribution in [0.3, 0.4) is 0 Å². The van der Waals surface area contributed by atoms with Gasteiger partial charge in [0, 0.05) is 10.9 Å². The molecule has 1 heterocycles. The summed E-state index contributed by atoms with van der Waals surface area (Å²) in [6.07, 6.45) is 2.31. The molecule has 1 fully saturated rings. The van der Waals surface area contributed by atoms with Gasteiger partial charge >= 0.3 is 5.97 Å². The molecule has 2 unspecified atom stereocenters. The van der Waals surface area contributed by atoms with E-state index >= 15 is 0 Å². The molecule has 2 N–H and O–H groups in total. The quantitative estimate of drug-likeness (QED) is 0.869. The van der Waals surface area contributed by atoms with Gasteiger partial charge in [-0.2, -0.15) is 0 Å². The van der Waals surface area contributed by atoms with E-state index in [1.807, 2.05) is 13.0 Å². The summed E-state index contributed by atoms with van der Waals surface area (Å²) in [6, 6.07) is 3.15. The van der Waals surface area contributed by atoms with Crippen molar-refractivity contribution in [3.8, 4) is 0 Å². The van der Waals surface area contributed by atoms with Gasteiger partial charge in [0.2, 0.25) is 10.0 Å². The molecule has 5 nitrogen and oxygen atoms in total. The zero-order valence-electron chi connectivity index (χ0n) is 10.6. The van der Waals surface area contributed by atoms with Crippen LogP contribution in [0.5, 0.6) is 0 Å².